The average molecular weight is 563 g/mol. The summed E-state index contributed by atoms with van der Waals surface area (Å²) in [6, 6.07) is 11.5. The van der Waals surface area contributed by atoms with Crippen LogP contribution < -0.4 is 5.32 Å². The van der Waals surface area contributed by atoms with Crippen LogP contribution in [-0.2, 0) is 11.3 Å². The van der Waals surface area contributed by atoms with Crippen molar-refractivity contribution < 1.29 is 14.4 Å². The molecule has 0 aromatic heterocycles. The number of para-hydroxylation sites is 1. The third kappa shape index (κ3) is 4.91. The highest BCUT2D eigenvalue weighted by Gasteiger charge is 2.32. The van der Waals surface area contributed by atoms with Crippen molar-refractivity contribution in [1.82, 2.24) is 9.80 Å². The number of anilines is 1. The Morgan fingerprint density at radius 2 is 1.72 bits per heavy atom. The minimum absolute atomic E-state index is 0.00418. The van der Waals surface area contributed by atoms with E-state index in [0.29, 0.717) is 25.2 Å². The number of amides is 3. The molecular formula is C24H25Br2N3O3. The smallest absolute Gasteiger partial charge is 0.322 e. The molecule has 1 N–H and O–H groups in total. The number of fused-ring (bicyclic) bond motifs is 1. The van der Waals surface area contributed by atoms with E-state index < -0.39 is 0 Å². The van der Waals surface area contributed by atoms with Gasteiger partial charge >= 0.3 is 6.03 Å². The number of piperidine rings is 1. The second-order valence-corrected chi connectivity index (χ2v) is 10.0. The second kappa shape index (κ2) is 9.75. The predicted octanol–water partition coefficient (Wildman–Crippen LogP) is 5.52. The van der Waals surface area contributed by atoms with Crippen LogP contribution in [0.5, 0.6) is 0 Å². The molecule has 1 fully saturated rings. The molecule has 0 aliphatic carbocycles. The van der Waals surface area contributed by atoms with Crippen molar-refractivity contribution in [3.05, 3.63) is 62.0 Å². The Morgan fingerprint density at radius 1 is 1.06 bits per heavy atom. The number of likely N-dealkylation sites (tertiary alicyclic amines) is 1. The molecule has 2 aromatic rings. The molecule has 2 aromatic carbocycles. The third-order valence-electron chi connectivity index (χ3n) is 6.29. The van der Waals surface area contributed by atoms with Crippen molar-refractivity contribution in [3.63, 3.8) is 0 Å². The van der Waals surface area contributed by atoms with Gasteiger partial charge in [0.15, 0.2) is 5.78 Å². The predicted molar refractivity (Wildman–Crippen MR) is 131 cm³/mol. The van der Waals surface area contributed by atoms with E-state index >= 15 is 0 Å². The van der Waals surface area contributed by atoms with Gasteiger partial charge in [-0.3, -0.25) is 9.59 Å². The van der Waals surface area contributed by atoms with Gasteiger partial charge in [-0.1, -0.05) is 50.1 Å². The fourth-order valence-electron chi connectivity index (χ4n) is 4.27. The van der Waals surface area contributed by atoms with Crippen LogP contribution in [0.3, 0.4) is 0 Å². The number of benzene rings is 2. The number of nitrogens with one attached hydrogen (secondary N) is 1. The number of carbonyl (C=O) groups excluding carboxylic acids is 3. The highest BCUT2D eigenvalue weighted by molar-refractivity contribution is 9.11. The van der Waals surface area contributed by atoms with Crippen molar-refractivity contribution in [2.75, 3.05) is 18.4 Å². The van der Waals surface area contributed by atoms with Crippen molar-refractivity contribution >= 4 is 55.3 Å². The lowest BCUT2D eigenvalue weighted by Crippen LogP contribution is -2.51. The van der Waals surface area contributed by atoms with Crippen LogP contribution in [0.2, 0.25) is 0 Å². The molecular weight excluding hydrogens is 538 g/mol. The van der Waals surface area contributed by atoms with Gasteiger partial charge in [0.2, 0.25) is 5.91 Å². The Bertz CT molecular complexity index is 1040. The first-order chi connectivity index (χ1) is 15.3. The zero-order chi connectivity index (χ0) is 22.8. The topological polar surface area (TPSA) is 69.7 Å². The first-order valence-electron chi connectivity index (χ1n) is 10.8. The fourth-order valence-corrected chi connectivity index (χ4v) is 5.46. The molecule has 0 radical (unpaired) electrons. The molecule has 2 aliphatic rings. The van der Waals surface area contributed by atoms with Crippen LogP contribution in [0.25, 0.3) is 0 Å². The van der Waals surface area contributed by atoms with Crippen molar-refractivity contribution in [2.45, 2.75) is 45.2 Å². The van der Waals surface area contributed by atoms with E-state index in [-0.39, 0.29) is 36.6 Å². The maximum Gasteiger partial charge on any atom is 0.322 e. The fraction of sp³-hybridized carbons (Fsp3) is 0.375. The lowest BCUT2D eigenvalue weighted by atomic mass is 10.00. The first-order valence-corrected chi connectivity index (χ1v) is 12.3. The number of urea groups is 1. The Labute approximate surface area is 204 Å². The van der Waals surface area contributed by atoms with E-state index in [1.54, 1.807) is 12.1 Å². The minimum atomic E-state index is -0.0745. The number of carbonyl (C=O) groups is 3. The van der Waals surface area contributed by atoms with Crippen LogP contribution in [0.15, 0.2) is 45.3 Å². The summed E-state index contributed by atoms with van der Waals surface area (Å²) in [5.74, 6) is -0.0474. The lowest BCUT2D eigenvalue weighted by molar-refractivity contribution is -0.132. The minimum Gasteiger partial charge on any atom is -0.343 e. The molecule has 0 atom stereocenters. The van der Waals surface area contributed by atoms with E-state index in [1.165, 1.54) is 0 Å². The van der Waals surface area contributed by atoms with Crippen molar-refractivity contribution in [2.24, 2.45) is 0 Å². The van der Waals surface area contributed by atoms with E-state index in [0.717, 1.165) is 38.6 Å². The van der Waals surface area contributed by atoms with Gasteiger partial charge in [0.25, 0.3) is 0 Å². The first kappa shape index (κ1) is 23.0. The van der Waals surface area contributed by atoms with Gasteiger partial charge in [0.1, 0.15) is 0 Å². The largest absolute Gasteiger partial charge is 0.343 e. The van der Waals surface area contributed by atoms with Gasteiger partial charge in [-0.05, 0) is 49.1 Å². The summed E-state index contributed by atoms with van der Waals surface area (Å²) in [6.07, 6.45) is 1.87. The Hall–Kier alpha value is -2.19. The quantitative estimate of drug-likeness (QED) is 0.488. The zero-order valence-electron chi connectivity index (χ0n) is 17.9. The van der Waals surface area contributed by atoms with Crippen LogP contribution in [-0.4, -0.2) is 46.7 Å². The Kier molecular flexibility index (Phi) is 7.00. The van der Waals surface area contributed by atoms with E-state index in [1.807, 2.05) is 41.0 Å². The number of hydrogen-bond donors (Lipinski definition) is 1. The van der Waals surface area contributed by atoms with Crippen molar-refractivity contribution in [1.29, 1.82) is 0 Å². The lowest BCUT2D eigenvalue weighted by Gasteiger charge is -2.40. The average Bonchev–Trinajstić information content (AvgIpc) is 2.80. The van der Waals surface area contributed by atoms with Crippen molar-refractivity contribution in [3.8, 4) is 0 Å². The molecule has 3 amide bonds. The molecule has 0 unspecified atom stereocenters. The second-order valence-electron chi connectivity index (χ2n) is 8.32. The summed E-state index contributed by atoms with van der Waals surface area (Å²) in [7, 11) is 0. The number of ketones is 1. The Morgan fingerprint density at radius 3 is 2.41 bits per heavy atom. The summed E-state index contributed by atoms with van der Waals surface area (Å²) in [5, 5.41) is 2.96. The normalized spacial score (nSPS) is 16.5. The Balaban J connectivity index is 1.28. The molecule has 4 rings (SSSR count). The van der Waals surface area contributed by atoms with E-state index in [2.05, 4.69) is 37.2 Å². The van der Waals surface area contributed by atoms with E-state index in [4.69, 9.17) is 0 Å². The number of Topliss-reactive ketones (excluding diaryl/α,β-unsaturated/α-hetero) is 1. The molecule has 2 aliphatic heterocycles. The summed E-state index contributed by atoms with van der Waals surface area (Å²) in [4.78, 5) is 41.5. The standard InChI is InChI=1S/C24H25Br2N3O3/c1-15-19(25)12-17(13-20(15)26)22(30)6-7-23(31)28-10-8-18(9-11-28)29-14-16-4-2-3-5-21(16)27-24(29)32/h2-5,12-13,18H,6-11,14H2,1H3,(H,27,32). The molecule has 0 saturated carbocycles. The molecule has 2 heterocycles. The van der Waals surface area contributed by atoms with E-state index in [9.17, 15) is 14.4 Å². The molecule has 0 bridgehead atoms. The SMILES string of the molecule is Cc1c(Br)cc(C(=O)CCC(=O)N2CCC(N3Cc4ccccc4NC3=O)CC2)cc1Br. The number of nitrogens with zero attached hydrogens (tertiary/aromatic N) is 2. The van der Waals surface area contributed by atoms with Gasteiger partial charge in [0.05, 0.1) is 0 Å². The molecule has 1 saturated heterocycles. The maximum absolute atomic E-state index is 12.7. The molecule has 6 nitrogen and oxygen atoms in total. The van der Waals surface area contributed by atoms with Gasteiger partial charge in [-0.2, -0.15) is 0 Å². The third-order valence-corrected chi connectivity index (χ3v) is 7.93. The summed E-state index contributed by atoms with van der Waals surface area (Å²) >= 11 is 6.94. The maximum atomic E-state index is 12.7. The van der Waals surface area contributed by atoms with Crippen LogP contribution >= 0.6 is 31.9 Å². The zero-order valence-corrected chi connectivity index (χ0v) is 21.0. The molecule has 168 valence electrons. The highest BCUT2D eigenvalue weighted by Crippen LogP contribution is 2.29. The molecule has 0 spiro atoms. The van der Waals surface area contributed by atoms with Gasteiger partial charge in [0, 0.05) is 58.7 Å². The highest BCUT2D eigenvalue weighted by atomic mass is 79.9. The van der Waals surface area contributed by atoms with Crippen LogP contribution in [0.1, 0.15) is 47.2 Å². The number of halogens is 2. The van der Waals surface area contributed by atoms with Gasteiger partial charge in [-0.25, -0.2) is 4.79 Å². The molecule has 32 heavy (non-hydrogen) atoms. The number of hydrogen-bond acceptors (Lipinski definition) is 3. The van der Waals surface area contributed by atoms with Gasteiger partial charge < -0.3 is 15.1 Å². The monoisotopic (exact) mass is 561 g/mol. The summed E-state index contributed by atoms with van der Waals surface area (Å²) in [5.41, 5.74) is 3.61. The summed E-state index contributed by atoms with van der Waals surface area (Å²) < 4.78 is 1.74. The number of rotatable bonds is 5. The van der Waals surface area contributed by atoms with Crippen LogP contribution in [0.4, 0.5) is 10.5 Å². The molecule has 8 heteroatoms. The van der Waals surface area contributed by atoms with Gasteiger partial charge in [-0.15, -0.1) is 0 Å². The summed E-state index contributed by atoms with van der Waals surface area (Å²) in [6.45, 7) is 3.76. The van der Waals surface area contributed by atoms with Crippen LogP contribution in [0, 0.1) is 6.92 Å².